The van der Waals surface area contributed by atoms with Crippen molar-refractivity contribution in [2.45, 2.75) is 25.3 Å². The van der Waals surface area contributed by atoms with E-state index in [1.807, 2.05) is 6.92 Å². The molecule has 3 N–H and O–H groups in total. The van der Waals surface area contributed by atoms with E-state index in [4.69, 9.17) is 0 Å². The van der Waals surface area contributed by atoms with Crippen LogP contribution in [0, 0.1) is 0 Å². The van der Waals surface area contributed by atoms with Gasteiger partial charge in [-0.3, -0.25) is 0 Å². The molecule has 1 saturated heterocycles. The smallest absolute Gasteiger partial charge is 0.317 e. The van der Waals surface area contributed by atoms with Crippen LogP contribution >= 0.6 is 0 Å². The number of nitrogens with zero attached hydrogens (tertiary/aromatic N) is 1. The van der Waals surface area contributed by atoms with E-state index in [9.17, 15) is 9.59 Å². The van der Waals surface area contributed by atoms with Gasteiger partial charge in [0.1, 0.15) is 0 Å². The average molecular weight is 198 g/mol. The zero-order valence-corrected chi connectivity index (χ0v) is 8.09. The molecule has 2 rings (SSSR count). The van der Waals surface area contributed by atoms with Crippen LogP contribution < -0.4 is 16.7 Å². The van der Waals surface area contributed by atoms with Crippen molar-refractivity contribution in [1.29, 1.82) is 0 Å². The molecular formula is C8H14N4O2. The van der Waals surface area contributed by atoms with Crippen molar-refractivity contribution in [3.8, 4) is 0 Å². The Morgan fingerprint density at radius 3 is 2.14 bits per heavy atom. The Morgan fingerprint density at radius 1 is 1.14 bits per heavy atom. The van der Waals surface area contributed by atoms with Gasteiger partial charge in [-0.25, -0.2) is 24.4 Å². The summed E-state index contributed by atoms with van der Waals surface area (Å²) in [4.78, 5) is 22.8. The zero-order valence-electron chi connectivity index (χ0n) is 8.09. The van der Waals surface area contributed by atoms with Crippen LogP contribution in [0.2, 0.25) is 0 Å². The van der Waals surface area contributed by atoms with Crippen LogP contribution in [0.3, 0.4) is 0 Å². The summed E-state index contributed by atoms with van der Waals surface area (Å²) < 4.78 is 1.29. The number of hydrogen-bond donors (Lipinski definition) is 3. The van der Waals surface area contributed by atoms with Crippen molar-refractivity contribution in [2.75, 3.05) is 13.1 Å². The van der Waals surface area contributed by atoms with E-state index in [0.717, 1.165) is 25.9 Å². The third-order valence-corrected chi connectivity index (χ3v) is 2.90. The molecule has 2 heterocycles. The predicted molar refractivity (Wildman–Crippen MR) is 51.4 cm³/mol. The fraction of sp³-hybridized carbons (Fsp3) is 0.750. The summed E-state index contributed by atoms with van der Waals surface area (Å²) in [5, 5.41) is 7.82. The van der Waals surface area contributed by atoms with Crippen molar-refractivity contribution in [3.63, 3.8) is 0 Å². The average Bonchev–Trinajstić information content (AvgIpc) is 2.48. The molecule has 6 heteroatoms. The van der Waals surface area contributed by atoms with Crippen LogP contribution in [0.25, 0.3) is 0 Å². The van der Waals surface area contributed by atoms with Crippen LogP contribution in [0.1, 0.15) is 19.8 Å². The number of aromatic nitrogens is 3. The number of piperidine rings is 1. The molecule has 1 fully saturated rings. The minimum absolute atomic E-state index is 0.348. The second kappa shape index (κ2) is 3.13. The Balaban J connectivity index is 2.47. The summed E-state index contributed by atoms with van der Waals surface area (Å²) in [7, 11) is 0. The maximum Gasteiger partial charge on any atom is 0.344 e. The molecule has 0 amide bonds. The topological polar surface area (TPSA) is 82.7 Å². The third kappa shape index (κ3) is 1.31. The van der Waals surface area contributed by atoms with E-state index in [1.54, 1.807) is 0 Å². The Bertz CT molecular complexity index is 394. The van der Waals surface area contributed by atoms with Crippen LogP contribution in [-0.2, 0) is 5.54 Å². The van der Waals surface area contributed by atoms with E-state index in [0.29, 0.717) is 0 Å². The summed E-state index contributed by atoms with van der Waals surface area (Å²) in [6, 6.07) is 0. The lowest BCUT2D eigenvalue weighted by atomic mass is 9.90. The van der Waals surface area contributed by atoms with Gasteiger partial charge in [-0.2, -0.15) is 0 Å². The maximum atomic E-state index is 11.4. The highest BCUT2D eigenvalue weighted by Crippen LogP contribution is 2.23. The molecule has 0 atom stereocenters. The molecule has 1 aliphatic heterocycles. The van der Waals surface area contributed by atoms with E-state index >= 15 is 0 Å². The van der Waals surface area contributed by atoms with Crippen LogP contribution in [0.4, 0.5) is 0 Å². The van der Waals surface area contributed by atoms with Gasteiger partial charge in [0.2, 0.25) is 0 Å². The van der Waals surface area contributed by atoms with Gasteiger partial charge in [0.25, 0.3) is 0 Å². The first-order valence-electron chi connectivity index (χ1n) is 4.74. The molecular weight excluding hydrogens is 184 g/mol. The Morgan fingerprint density at radius 2 is 1.64 bits per heavy atom. The number of aromatic amines is 2. The molecule has 0 aromatic carbocycles. The van der Waals surface area contributed by atoms with Crippen LogP contribution in [-0.4, -0.2) is 27.9 Å². The second-order valence-electron chi connectivity index (χ2n) is 3.94. The Kier molecular flexibility index (Phi) is 2.07. The minimum atomic E-state index is -0.351. The summed E-state index contributed by atoms with van der Waals surface area (Å²) >= 11 is 0. The first kappa shape index (κ1) is 9.26. The monoisotopic (exact) mass is 198 g/mol. The van der Waals surface area contributed by atoms with Gasteiger partial charge in [0.15, 0.2) is 0 Å². The number of hydrogen-bond acceptors (Lipinski definition) is 3. The van der Waals surface area contributed by atoms with Crippen molar-refractivity contribution in [2.24, 2.45) is 0 Å². The van der Waals surface area contributed by atoms with Gasteiger partial charge < -0.3 is 5.32 Å². The summed E-state index contributed by atoms with van der Waals surface area (Å²) in [6.07, 6.45) is 1.60. The predicted octanol–water partition coefficient (Wildman–Crippen LogP) is -1.04. The van der Waals surface area contributed by atoms with Crippen LogP contribution in [0.15, 0.2) is 9.59 Å². The van der Waals surface area contributed by atoms with E-state index in [-0.39, 0.29) is 16.9 Å². The quantitative estimate of drug-likeness (QED) is 0.539. The second-order valence-corrected chi connectivity index (χ2v) is 3.94. The molecule has 0 bridgehead atoms. The number of nitrogens with one attached hydrogen (secondary N) is 3. The van der Waals surface area contributed by atoms with Gasteiger partial charge >= 0.3 is 11.4 Å². The molecule has 78 valence electrons. The fourth-order valence-electron chi connectivity index (χ4n) is 1.99. The molecule has 0 radical (unpaired) electrons. The van der Waals surface area contributed by atoms with E-state index in [1.165, 1.54) is 4.57 Å². The Labute approximate surface area is 80.3 Å². The zero-order chi connectivity index (χ0) is 10.2. The summed E-state index contributed by atoms with van der Waals surface area (Å²) in [5.41, 5.74) is -1.05. The normalized spacial score (nSPS) is 20.9. The highest BCUT2D eigenvalue weighted by Gasteiger charge is 2.31. The summed E-state index contributed by atoms with van der Waals surface area (Å²) in [6.45, 7) is 3.62. The van der Waals surface area contributed by atoms with Crippen molar-refractivity contribution in [1.82, 2.24) is 20.1 Å². The van der Waals surface area contributed by atoms with E-state index < -0.39 is 0 Å². The van der Waals surface area contributed by atoms with Gasteiger partial charge in [-0.05, 0) is 32.9 Å². The van der Waals surface area contributed by atoms with Crippen molar-refractivity contribution in [3.05, 3.63) is 21.0 Å². The number of rotatable bonds is 1. The van der Waals surface area contributed by atoms with Crippen LogP contribution in [0.5, 0.6) is 0 Å². The highest BCUT2D eigenvalue weighted by molar-refractivity contribution is 4.89. The van der Waals surface area contributed by atoms with Gasteiger partial charge in [-0.15, -0.1) is 0 Å². The largest absolute Gasteiger partial charge is 0.344 e. The lowest BCUT2D eigenvalue weighted by molar-refractivity contribution is 0.220. The molecule has 0 saturated carbocycles. The van der Waals surface area contributed by atoms with Gasteiger partial charge in [-0.1, -0.05) is 0 Å². The maximum absolute atomic E-state index is 11.4. The standard InChI is InChI=1S/C8H14N4O2/c1-8(2-4-9-5-3-8)12-6(13)10-11-7(12)14/h9H,2-5H2,1H3,(H,10,13)(H,11,14). The molecule has 1 aromatic heterocycles. The van der Waals surface area contributed by atoms with Crippen molar-refractivity contribution < 1.29 is 0 Å². The Hall–Kier alpha value is -1.30. The lowest BCUT2D eigenvalue weighted by Gasteiger charge is -2.33. The van der Waals surface area contributed by atoms with Gasteiger partial charge in [0, 0.05) is 0 Å². The van der Waals surface area contributed by atoms with E-state index in [2.05, 4.69) is 15.5 Å². The fourth-order valence-corrected chi connectivity index (χ4v) is 1.99. The SMILES string of the molecule is CC1(n2c(=O)[nH][nH]c2=O)CCNCC1. The first-order valence-corrected chi connectivity index (χ1v) is 4.74. The van der Waals surface area contributed by atoms with Gasteiger partial charge in [0.05, 0.1) is 5.54 Å². The van der Waals surface area contributed by atoms with Crippen molar-refractivity contribution >= 4 is 0 Å². The summed E-state index contributed by atoms with van der Waals surface area (Å²) in [5.74, 6) is 0. The molecule has 0 unspecified atom stereocenters. The highest BCUT2D eigenvalue weighted by atomic mass is 16.2. The minimum Gasteiger partial charge on any atom is -0.317 e. The third-order valence-electron chi connectivity index (χ3n) is 2.90. The molecule has 0 spiro atoms. The molecule has 0 aliphatic carbocycles. The first-order chi connectivity index (χ1) is 6.63. The molecule has 1 aromatic rings. The molecule has 1 aliphatic rings. The molecule has 6 nitrogen and oxygen atoms in total. The lowest BCUT2D eigenvalue weighted by Crippen LogP contribution is -2.49. The number of H-pyrrole nitrogens is 2. The molecule has 14 heavy (non-hydrogen) atoms.